The molecule has 0 fully saturated rings. The second-order valence-electron chi connectivity index (χ2n) is 4.98. The Morgan fingerprint density at radius 3 is 2.52 bits per heavy atom. The van der Waals surface area contributed by atoms with E-state index < -0.39 is 15.7 Å². The fourth-order valence-corrected chi connectivity index (χ4v) is 2.92. The first-order chi connectivity index (χ1) is 12.7. The van der Waals surface area contributed by atoms with Crippen molar-refractivity contribution in [2.45, 2.75) is 15.9 Å². The Morgan fingerprint density at radius 2 is 1.96 bits per heavy atom. The summed E-state index contributed by atoms with van der Waals surface area (Å²) >= 11 is 18.1. The van der Waals surface area contributed by atoms with Gasteiger partial charge < -0.3 is 14.8 Å². The molecule has 0 unspecified atom stereocenters. The third-order valence-corrected chi connectivity index (χ3v) is 4.47. The van der Waals surface area contributed by atoms with Crippen LogP contribution in [0, 0.1) is 0 Å². The van der Waals surface area contributed by atoms with E-state index in [9.17, 15) is 9.59 Å². The molecule has 27 heavy (non-hydrogen) atoms. The van der Waals surface area contributed by atoms with Crippen molar-refractivity contribution >= 4 is 64.3 Å². The summed E-state index contributed by atoms with van der Waals surface area (Å²) in [6.07, 6.45) is 1.77. The Kier molecular flexibility index (Phi) is 7.27. The number of carbonyl (C=O) groups is 2. The maximum atomic E-state index is 12.6. The summed E-state index contributed by atoms with van der Waals surface area (Å²) in [4.78, 5) is 29.0. The molecule has 1 N–H and O–H groups in total. The van der Waals surface area contributed by atoms with Crippen LogP contribution in [0.5, 0.6) is 5.75 Å². The van der Waals surface area contributed by atoms with Gasteiger partial charge in [0.25, 0.3) is 9.70 Å². The first-order valence-electron chi connectivity index (χ1n) is 7.60. The number of nitrogens with zero attached hydrogens (tertiary/aromatic N) is 2. The Labute approximate surface area is 175 Å². The topological polar surface area (TPSA) is 82.5 Å². The number of alkyl halides is 3. The molecule has 0 atom stereocenters. The standard InChI is InChI=1S/C16H16Cl3N3O4S/c1-4-26-13(23)11-12(20-14(24)16(17,18)19)21-15(27-3)22(11)9-7-5-6-8-10(9)25-2/h5-8H,4H2,1-3H3,(H,20,24). The zero-order chi connectivity index (χ0) is 20.2. The lowest BCUT2D eigenvalue weighted by atomic mass is 10.2. The van der Waals surface area contributed by atoms with Crippen LogP contribution in [0.15, 0.2) is 29.4 Å². The van der Waals surface area contributed by atoms with E-state index in [0.29, 0.717) is 16.6 Å². The number of aromatic nitrogens is 2. The number of halogens is 3. The van der Waals surface area contributed by atoms with Gasteiger partial charge in [0.15, 0.2) is 16.7 Å². The largest absolute Gasteiger partial charge is 0.495 e. The summed E-state index contributed by atoms with van der Waals surface area (Å²) in [5.74, 6) is -1.23. The van der Waals surface area contributed by atoms with Crippen LogP contribution in [0.4, 0.5) is 5.82 Å². The normalized spacial score (nSPS) is 11.2. The summed E-state index contributed by atoms with van der Waals surface area (Å²) in [7, 11) is 1.50. The molecule has 0 bridgehead atoms. The first-order valence-corrected chi connectivity index (χ1v) is 9.95. The van der Waals surface area contributed by atoms with Crippen LogP contribution in [0.2, 0.25) is 0 Å². The maximum Gasteiger partial charge on any atom is 0.359 e. The lowest BCUT2D eigenvalue weighted by molar-refractivity contribution is -0.115. The molecule has 0 radical (unpaired) electrons. The van der Waals surface area contributed by atoms with Crippen molar-refractivity contribution < 1.29 is 19.1 Å². The monoisotopic (exact) mass is 451 g/mol. The van der Waals surface area contributed by atoms with Gasteiger partial charge >= 0.3 is 5.97 Å². The van der Waals surface area contributed by atoms with Crippen molar-refractivity contribution in [2.75, 3.05) is 25.3 Å². The lowest BCUT2D eigenvalue weighted by Crippen LogP contribution is -2.28. The van der Waals surface area contributed by atoms with E-state index in [1.165, 1.54) is 23.4 Å². The number of thioether (sulfide) groups is 1. The van der Waals surface area contributed by atoms with E-state index in [1.807, 2.05) is 0 Å². The summed E-state index contributed by atoms with van der Waals surface area (Å²) < 4.78 is 9.81. The van der Waals surface area contributed by atoms with Crippen LogP contribution >= 0.6 is 46.6 Å². The van der Waals surface area contributed by atoms with Crippen molar-refractivity contribution in [1.82, 2.24) is 9.55 Å². The Balaban J connectivity index is 2.71. The number of anilines is 1. The lowest BCUT2D eigenvalue weighted by Gasteiger charge is -2.15. The van der Waals surface area contributed by atoms with E-state index in [1.54, 1.807) is 37.4 Å². The van der Waals surface area contributed by atoms with Crippen molar-refractivity contribution in [1.29, 1.82) is 0 Å². The third kappa shape index (κ3) is 4.82. The number of rotatable bonds is 6. The van der Waals surface area contributed by atoms with Gasteiger partial charge in [-0.1, -0.05) is 58.7 Å². The third-order valence-electron chi connectivity index (χ3n) is 3.31. The minimum absolute atomic E-state index is 0.0201. The highest BCUT2D eigenvalue weighted by Gasteiger charge is 2.34. The van der Waals surface area contributed by atoms with Crippen LogP contribution in [0.25, 0.3) is 5.69 Å². The molecule has 0 saturated heterocycles. The summed E-state index contributed by atoms with van der Waals surface area (Å²) in [6.45, 7) is 1.79. The maximum absolute atomic E-state index is 12.6. The Hall–Kier alpha value is -1.61. The highest BCUT2D eigenvalue weighted by molar-refractivity contribution is 7.98. The highest BCUT2D eigenvalue weighted by Crippen LogP contribution is 2.34. The van der Waals surface area contributed by atoms with Crippen LogP contribution in [-0.4, -0.2) is 45.2 Å². The van der Waals surface area contributed by atoms with Crippen molar-refractivity contribution in [3.63, 3.8) is 0 Å². The molecule has 0 spiro atoms. The van der Waals surface area contributed by atoms with E-state index in [4.69, 9.17) is 44.3 Å². The molecule has 2 aromatic rings. The number of benzene rings is 1. The first kappa shape index (κ1) is 21.7. The van der Waals surface area contributed by atoms with Crippen molar-refractivity contribution in [2.24, 2.45) is 0 Å². The number of para-hydroxylation sites is 2. The molecular weight excluding hydrogens is 437 g/mol. The molecular formula is C16H16Cl3N3O4S. The van der Waals surface area contributed by atoms with Gasteiger partial charge in [0.2, 0.25) is 0 Å². The van der Waals surface area contributed by atoms with Gasteiger partial charge in [-0.15, -0.1) is 0 Å². The fourth-order valence-electron chi connectivity index (χ4n) is 2.23. The van der Waals surface area contributed by atoms with E-state index in [2.05, 4.69) is 10.3 Å². The summed E-state index contributed by atoms with van der Waals surface area (Å²) in [6, 6.07) is 7.03. The van der Waals surface area contributed by atoms with Crippen LogP contribution in [0.3, 0.4) is 0 Å². The average Bonchev–Trinajstić information content (AvgIpc) is 2.99. The number of hydrogen-bond donors (Lipinski definition) is 1. The van der Waals surface area contributed by atoms with Gasteiger partial charge in [-0.05, 0) is 25.3 Å². The highest BCUT2D eigenvalue weighted by atomic mass is 35.6. The minimum atomic E-state index is -2.22. The molecule has 0 aliphatic carbocycles. The van der Waals surface area contributed by atoms with Gasteiger partial charge in [0.1, 0.15) is 5.75 Å². The van der Waals surface area contributed by atoms with Crippen LogP contribution < -0.4 is 10.1 Å². The SMILES string of the molecule is CCOC(=O)c1c(NC(=O)C(Cl)(Cl)Cl)nc(SC)n1-c1ccccc1OC. The van der Waals surface area contributed by atoms with E-state index >= 15 is 0 Å². The van der Waals surface area contributed by atoms with Gasteiger partial charge in [0, 0.05) is 0 Å². The van der Waals surface area contributed by atoms with Gasteiger partial charge in [-0.2, -0.15) is 0 Å². The van der Waals surface area contributed by atoms with Gasteiger partial charge in [-0.3, -0.25) is 9.36 Å². The molecule has 1 amide bonds. The second kappa shape index (κ2) is 9.05. The summed E-state index contributed by atoms with van der Waals surface area (Å²) in [5, 5.41) is 2.78. The molecule has 146 valence electrons. The number of esters is 1. The zero-order valence-electron chi connectivity index (χ0n) is 14.6. The molecule has 0 aliphatic heterocycles. The Morgan fingerprint density at radius 1 is 1.30 bits per heavy atom. The van der Waals surface area contributed by atoms with Crippen molar-refractivity contribution in [3.8, 4) is 11.4 Å². The predicted octanol–water partition coefficient (Wildman–Crippen LogP) is 4.09. The number of methoxy groups -OCH3 is 1. The molecule has 0 aliphatic rings. The molecule has 0 saturated carbocycles. The predicted molar refractivity (Wildman–Crippen MR) is 107 cm³/mol. The molecule has 11 heteroatoms. The second-order valence-corrected chi connectivity index (χ2v) is 8.03. The fraction of sp³-hybridized carbons (Fsp3) is 0.312. The van der Waals surface area contributed by atoms with Crippen LogP contribution in [-0.2, 0) is 9.53 Å². The van der Waals surface area contributed by atoms with Crippen molar-refractivity contribution in [3.05, 3.63) is 30.0 Å². The molecule has 1 aromatic carbocycles. The molecule has 2 rings (SSSR count). The molecule has 1 aromatic heterocycles. The van der Waals surface area contributed by atoms with Crippen LogP contribution in [0.1, 0.15) is 17.4 Å². The van der Waals surface area contributed by atoms with E-state index in [-0.39, 0.29) is 18.1 Å². The average molecular weight is 453 g/mol. The number of carbonyl (C=O) groups excluding carboxylic acids is 2. The summed E-state index contributed by atoms with van der Waals surface area (Å²) in [5.41, 5.74) is 0.516. The zero-order valence-corrected chi connectivity index (χ0v) is 17.7. The smallest absolute Gasteiger partial charge is 0.359 e. The number of hydrogen-bond acceptors (Lipinski definition) is 6. The number of ether oxygens (including phenoxy) is 2. The van der Waals surface area contributed by atoms with Gasteiger partial charge in [-0.25, -0.2) is 9.78 Å². The number of nitrogens with one attached hydrogen (secondary N) is 1. The minimum Gasteiger partial charge on any atom is -0.495 e. The van der Waals surface area contributed by atoms with E-state index in [0.717, 1.165) is 0 Å². The van der Waals surface area contributed by atoms with Gasteiger partial charge in [0.05, 0.1) is 19.4 Å². The quantitative estimate of drug-likeness (QED) is 0.404. The molecule has 7 nitrogen and oxygen atoms in total. The number of imidazole rings is 1. The number of amides is 1. The molecule has 1 heterocycles. The Bertz CT molecular complexity index is 852.